The van der Waals surface area contributed by atoms with Gasteiger partial charge >= 0.3 is 12.0 Å². The lowest BCUT2D eigenvalue weighted by atomic mass is 9.39. The van der Waals surface area contributed by atoms with Crippen molar-refractivity contribution in [2.75, 3.05) is 94.8 Å². The number of pyridine rings is 1. The standard InChI is InChI=1S/C72H92N16O10S/c1-45(2)60(80-57(89)24-33-97-34-30-86-58(90)22-23-59(86)91)65(93)77-54(14-10-25-74-67(73)96)64(92)76-49-18-16-48(17-19-49)37-88(7)31-27-84(28-32-88)29-35-98-72-41-69(5)38-70(6,42-72)40-71(39-69,43-72)44-87-47(4)52(36-75-87)51-20-21-56(79-61(51)66(94)95)85-26-11-12-50-46(3)62(82-83-63(50)85)81-68-78-53-13-8-9-15-55(53)99-68/h8-9,13,15-23,36,45,54,60H,10-12,14,24-35,37-44H2,1-7H3,(H7-,73,74,76,77,78,80,81,82,89,92,93,94,95,96)/p+1/t54-,60-,69?,70?,71?,72?/m0/s1. The van der Waals surface area contributed by atoms with E-state index in [4.69, 9.17) is 35.4 Å². The van der Waals surface area contributed by atoms with E-state index in [9.17, 15) is 38.7 Å². The lowest BCUT2D eigenvalue weighted by Crippen LogP contribution is -2.64. The lowest BCUT2D eigenvalue weighted by molar-refractivity contribution is -0.926. The number of aromatic carboxylic acids is 1. The van der Waals surface area contributed by atoms with Gasteiger partial charge in [-0.15, -0.1) is 10.2 Å². The molecule has 4 aliphatic carbocycles. The van der Waals surface area contributed by atoms with Crippen LogP contribution < -0.4 is 37.2 Å². The normalized spacial score (nSPS) is 22.9. The Morgan fingerprint density at radius 3 is 2.26 bits per heavy atom. The van der Waals surface area contributed by atoms with Crippen LogP contribution in [0.15, 0.2) is 79.0 Å². The van der Waals surface area contributed by atoms with E-state index in [0.717, 1.165) is 143 Å². The van der Waals surface area contributed by atoms with Crippen molar-refractivity contribution in [3.63, 3.8) is 0 Å². The minimum absolute atomic E-state index is 0.00383. The molecule has 8 N–H and O–H groups in total. The average Bonchev–Trinajstić information content (AvgIpc) is 1.58. The van der Waals surface area contributed by atoms with Gasteiger partial charge in [-0.25, -0.2) is 19.6 Å². The number of carboxylic acids is 1. The number of amides is 7. The van der Waals surface area contributed by atoms with E-state index >= 15 is 0 Å². The van der Waals surface area contributed by atoms with Crippen molar-refractivity contribution in [1.82, 2.24) is 55.7 Å². The number of nitrogens with zero attached hydrogens (tertiary/aromatic N) is 10. The number of nitrogens with two attached hydrogens (primary N) is 1. The van der Waals surface area contributed by atoms with Gasteiger partial charge in [0.25, 0.3) is 11.8 Å². The van der Waals surface area contributed by atoms with E-state index in [1.54, 1.807) is 25.2 Å². The maximum atomic E-state index is 13.9. The Morgan fingerprint density at radius 2 is 1.56 bits per heavy atom. The second kappa shape index (κ2) is 28.8. The number of fused-ring (bicyclic) bond motifs is 2. The number of ether oxygens (including phenoxy) is 2. The summed E-state index contributed by atoms with van der Waals surface area (Å²) in [6.45, 7) is 20.3. The van der Waals surface area contributed by atoms with Crippen molar-refractivity contribution in [3.8, 4) is 11.1 Å². The quantitative estimate of drug-likeness (QED) is 0.0133. The molecular weight excluding hydrogens is 1280 g/mol. The Kier molecular flexibility index (Phi) is 20.4. The first-order chi connectivity index (χ1) is 47.3. The zero-order chi connectivity index (χ0) is 70.0. The van der Waals surface area contributed by atoms with Gasteiger partial charge in [-0.3, -0.25) is 38.5 Å². The van der Waals surface area contributed by atoms with Crippen molar-refractivity contribution in [2.24, 2.45) is 27.9 Å². The number of quaternary nitrogens is 1. The third-order valence-electron chi connectivity index (χ3n) is 21.0. The molecule has 3 aliphatic heterocycles. The van der Waals surface area contributed by atoms with Crippen molar-refractivity contribution >= 4 is 91.4 Å². The fraction of sp³-hybridized carbons (Fsp3) is 0.528. The smallest absolute Gasteiger partial charge is 0.355 e. The van der Waals surface area contributed by atoms with Crippen LogP contribution in [0.5, 0.6) is 0 Å². The Balaban J connectivity index is 0.626. The van der Waals surface area contributed by atoms with E-state index in [2.05, 4.69) is 62.2 Å². The number of urea groups is 1. The maximum absolute atomic E-state index is 13.9. The van der Waals surface area contributed by atoms with Crippen LogP contribution in [0.3, 0.4) is 0 Å². The van der Waals surface area contributed by atoms with Crippen LogP contribution in [0, 0.1) is 36.0 Å². The highest BCUT2D eigenvalue weighted by atomic mass is 32.1. The molecule has 0 spiro atoms. The van der Waals surface area contributed by atoms with Crippen LogP contribution in [0.25, 0.3) is 21.3 Å². The molecule has 4 atom stereocenters. The number of benzene rings is 2. The molecule has 1 saturated heterocycles. The number of anilines is 5. The third-order valence-corrected chi connectivity index (χ3v) is 22.0. The predicted octanol–water partition coefficient (Wildman–Crippen LogP) is 7.93. The number of rotatable bonds is 29. The van der Waals surface area contributed by atoms with Gasteiger partial charge in [0.1, 0.15) is 24.4 Å². The number of aromatic nitrogens is 6. The second-order valence-corrected chi connectivity index (χ2v) is 30.8. The third kappa shape index (κ3) is 16.0. The average molecular weight is 1370 g/mol. The topological polar surface area (TPSA) is 323 Å². The van der Waals surface area contributed by atoms with E-state index in [1.807, 2.05) is 85.6 Å². The number of para-hydroxylation sites is 1. The molecule has 4 aromatic heterocycles. The molecule has 7 amide bonds. The Morgan fingerprint density at radius 1 is 0.818 bits per heavy atom. The number of likely N-dealkylation sites (N-methyl/N-ethyl adjacent to an activating group) is 1. The summed E-state index contributed by atoms with van der Waals surface area (Å²) in [6.07, 6.45) is 12.6. The lowest BCUT2D eigenvalue weighted by Gasteiger charge is -2.69. The molecule has 7 heterocycles. The number of carbonyl (C=O) groups excluding carboxylic acids is 6. The number of nitrogens with one attached hydrogen (secondary N) is 5. The van der Waals surface area contributed by atoms with Crippen molar-refractivity contribution in [1.29, 1.82) is 0 Å². The zero-order valence-corrected chi connectivity index (χ0v) is 58.6. The fourth-order valence-corrected chi connectivity index (χ4v) is 18.2. The van der Waals surface area contributed by atoms with Gasteiger partial charge in [-0.05, 0) is 137 Å². The molecule has 4 saturated carbocycles. The molecule has 13 rings (SSSR count). The van der Waals surface area contributed by atoms with Crippen molar-refractivity contribution in [3.05, 3.63) is 107 Å². The Hall–Kier alpha value is -8.76. The number of carbonyl (C=O) groups is 7. The second-order valence-electron chi connectivity index (χ2n) is 29.8. The van der Waals surface area contributed by atoms with Crippen molar-refractivity contribution < 1.29 is 52.6 Å². The molecule has 5 fully saturated rings. The molecule has 0 radical (unpaired) electrons. The minimum Gasteiger partial charge on any atom is -0.476 e. The minimum atomic E-state index is -1.11. The number of thiazole rings is 1. The zero-order valence-electron chi connectivity index (χ0n) is 57.8. The summed E-state index contributed by atoms with van der Waals surface area (Å²) in [7, 11) is 2.29. The molecule has 2 unspecified atom stereocenters. The Labute approximate surface area is 580 Å². The van der Waals surface area contributed by atoms with E-state index < -0.39 is 53.6 Å². The van der Waals surface area contributed by atoms with Crippen LogP contribution in [0.4, 0.5) is 33.1 Å². The number of imide groups is 1. The first-order valence-corrected chi connectivity index (χ1v) is 35.5. The number of carboxylic acid groups (broad SMARTS) is 1. The maximum Gasteiger partial charge on any atom is 0.355 e. The number of hydrogen-bond acceptors (Lipinski definition) is 18. The summed E-state index contributed by atoms with van der Waals surface area (Å²) in [4.78, 5) is 104. The van der Waals surface area contributed by atoms with Gasteiger partial charge in [-0.2, -0.15) is 5.10 Å². The monoisotopic (exact) mass is 1370 g/mol. The van der Waals surface area contributed by atoms with E-state index in [-0.39, 0.29) is 72.6 Å². The van der Waals surface area contributed by atoms with Crippen LogP contribution in [-0.2, 0) is 53.0 Å². The molecule has 99 heavy (non-hydrogen) atoms. The highest BCUT2D eigenvalue weighted by molar-refractivity contribution is 7.22. The SMILES string of the molecule is Cc1c(Nc2nc3ccccc3s2)nnc2c1CCCN2c1ccc(-c2cnn(CC34CC5(C)CC(C)(C3)CC(OCCN3CC[N+](C)(Cc6ccc(NC(=O)[C@H](CCCNC(N)=O)NC(=O)[C@@H](NC(=O)CCOCCN7C(=O)C=CC7=O)C(C)C)cc6)CC3)(C5)C4)c2C)c(C(=O)O)n1. The van der Waals surface area contributed by atoms with Gasteiger partial charge in [0.15, 0.2) is 22.5 Å². The van der Waals surface area contributed by atoms with Gasteiger partial charge in [0.05, 0.1) is 68.5 Å². The molecule has 27 heteroatoms. The number of primary amides is 1. The molecule has 26 nitrogen and oxygen atoms in total. The molecular formula is C72H93N16O10S+. The van der Waals surface area contributed by atoms with Crippen LogP contribution in [0.2, 0.25) is 0 Å². The summed E-state index contributed by atoms with van der Waals surface area (Å²) >= 11 is 1.56. The summed E-state index contributed by atoms with van der Waals surface area (Å²) in [5.41, 5.74) is 12.0. The molecule has 7 aliphatic rings. The first kappa shape index (κ1) is 70.1. The number of hydrogen-bond donors (Lipinski definition) is 7. The molecule has 526 valence electrons. The molecule has 4 bridgehead atoms. The van der Waals surface area contributed by atoms with Crippen molar-refractivity contribution in [2.45, 2.75) is 143 Å². The highest BCUT2D eigenvalue weighted by Crippen LogP contribution is 2.72. The van der Waals surface area contributed by atoms with Gasteiger partial charge in [-0.1, -0.05) is 63.3 Å². The van der Waals surface area contributed by atoms with Gasteiger partial charge < -0.3 is 56.3 Å². The Bertz CT molecular complexity index is 4020. The molecule has 2 aromatic carbocycles. The number of piperazine rings is 1. The predicted molar refractivity (Wildman–Crippen MR) is 375 cm³/mol. The summed E-state index contributed by atoms with van der Waals surface area (Å²) in [5, 5.41) is 40.3. The first-order valence-electron chi connectivity index (χ1n) is 34.7. The summed E-state index contributed by atoms with van der Waals surface area (Å²) in [6, 6.07) is 16.8. The van der Waals surface area contributed by atoms with Gasteiger partial charge in [0.2, 0.25) is 17.7 Å². The van der Waals surface area contributed by atoms with Crippen LogP contribution in [0.1, 0.15) is 125 Å². The van der Waals surface area contributed by atoms with E-state index in [1.165, 1.54) is 18.6 Å². The van der Waals surface area contributed by atoms with Gasteiger partial charge in [0, 0.05) is 97.0 Å². The van der Waals surface area contributed by atoms with E-state index in [0.29, 0.717) is 48.3 Å². The molecule has 6 aromatic rings. The highest BCUT2D eigenvalue weighted by Gasteiger charge is 2.66. The summed E-state index contributed by atoms with van der Waals surface area (Å²) < 4.78 is 16.8. The summed E-state index contributed by atoms with van der Waals surface area (Å²) in [5.74, 6) is -1.93. The van der Waals surface area contributed by atoms with Crippen LogP contribution >= 0.6 is 11.3 Å². The fourth-order valence-electron chi connectivity index (χ4n) is 17.3. The largest absolute Gasteiger partial charge is 0.476 e. The van der Waals surface area contributed by atoms with Crippen LogP contribution in [-0.4, -0.2) is 188 Å².